The van der Waals surface area contributed by atoms with Gasteiger partial charge >= 0.3 is 6.09 Å². The van der Waals surface area contributed by atoms with Crippen molar-refractivity contribution in [3.8, 4) is 0 Å². The van der Waals surface area contributed by atoms with Gasteiger partial charge in [-0.1, -0.05) is 0 Å². The normalized spacial score (nSPS) is 18.1. The average Bonchev–Trinajstić information content (AvgIpc) is 3.39. The van der Waals surface area contributed by atoms with Crippen LogP contribution in [-0.4, -0.2) is 74.7 Å². The zero-order valence-corrected chi connectivity index (χ0v) is 15.6. The fraction of sp³-hybridized carbons (Fsp3) is 0.667. The third-order valence-electron chi connectivity index (χ3n) is 5.29. The Labute approximate surface area is 158 Å². The van der Waals surface area contributed by atoms with Crippen LogP contribution in [0.2, 0.25) is 0 Å². The molecular weight excluding hydrogens is 346 g/mol. The number of piperazine rings is 1. The largest absolute Gasteiger partial charge is 0.449 e. The van der Waals surface area contributed by atoms with Crippen LogP contribution >= 0.6 is 0 Å². The molecular formula is C18H27N7O2. The topological polar surface area (TPSA) is 102 Å². The summed E-state index contributed by atoms with van der Waals surface area (Å²) in [4.78, 5) is 28.9. The standard InChI is InChI=1S/C18H27N7O2/c19-16-15-17(21-12-20-16)25(13-22-15)5-1-2-10-27-18(26)24-8-6-23(7-9-24)11-14-3-4-14/h12-14H,1-11H2,(H2,19,20,21). The summed E-state index contributed by atoms with van der Waals surface area (Å²) in [6.45, 7) is 5.85. The van der Waals surface area contributed by atoms with Crippen molar-refractivity contribution in [1.29, 1.82) is 0 Å². The maximum Gasteiger partial charge on any atom is 0.409 e. The molecule has 1 saturated carbocycles. The summed E-state index contributed by atoms with van der Waals surface area (Å²) in [6, 6.07) is 0. The second-order valence-corrected chi connectivity index (χ2v) is 7.42. The Bertz CT molecular complexity index is 781. The van der Waals surface area contributed by atoms with Crippen LogP contribution in [0.25, 0.3) is 11.2 Å². The minimum atomic E-state index is -0.185. The number of amides is 1. The molecule has 1 saturated heterocycles. The first-order valence-corrected chi connectivity index (χ1v) is 9.76. The second kappa shape index (κ2) is 8.08. The number of ether oxygens (including phenoxy) is 1. The van der Waals surface area contributed by atoms with Gasteiger partial charge in [-0.3, -0.25) is 4.90 Å². The molecule has 1 aliphatic heterocycles. The molecule has 0 unspecified atom stereocenters. The Kier molecular flexibility index (Phi) is 5.38. The first kappa shape index (κ1) is 18.0. The zero-order chi connectivity index (χ0) is 18.6. The fourth-order valence-electron chi connectivity index (χ4n) is 3.48. The maximum atomic E-state index is 12.2. The number of carbonyl (C=O) groups is 1. The molecule has 9 heteroatoms. The van der Waals surface area contributed by atoms with E-state index in [-0.39, 0.29) is 6.09 Å². The van der Waals surface area contributed by atoms with E-state index >= 15 is 0 Å². The highest BCUT2D eigenvalue weighted by Gasteiger charge is 2.27. The molecule has 3 heterocycles. The minimum Gasteiger partial charge on any atom is -0.449 e. The summed E-state index contributed by atoms with van der Waals surface area (Å²) in [5, 5.41) is 0. The van der Waals surface area contributed by atoms with E-state index < -0.39 is 0 Å². The van der Waals surface area contributed by atoms with Gasteiger partial charge in [0, 0.05) is 39.3 Å². The number of unbranched alkanes of at least 4 members (excludes halogenated alkanes) is 1. The summed E-state index contributed by atoms with van der Waals surface area (Å²) in [7, 11) is 0. The third-order valence-corrected chi connectivity index (χ3v) is 5.29. The number of anilines is 1. The minimum absolute atomic E-state index is 0.185. The first-order valence-electron chi connectivity index (χ1n) is 9.76. The lowest BCUT2D eigenvalue weighted by Gasteiger charge is -2.34. The molecule has 2 N–H and O–H groups in total. The fourth-order valence-corrected chi connectivity index (χ4v) is 3.48. The summed E-state index contributed by atoms with van der Waals surface area (Å²) in [5.74, 6) is 1.30. The van der Waals surface area contributed by atoms with Gasteiger partial charge in [-0.15, -0.1) is 0 Å². The number of imidazole rings is 1. The van der Waals surface area contributed by atoms with Crippen molar-refractivity contribution in [3.05, 3.63) is 12.7 Å². The third kappa shape index (κ3) is 4.47. The quantitative estimate of drug-likeness (QED) is 0.731. The highest BCUT2D eigenvalue weighted by atomic mass is 16.6. The molecule has 1 amide bonds. The van der Waals surface area contributed by atoms with E-state index in [0.717, 1.165) is 57.1 Å². The monoisotopic (exact) mass is 373 g/mol. The van der Waals surface area contributed by atoms with E-state index in [1.807, 2.05) is 9.47 Å². The number of aromatic nitrogens is 4. The average molecular weight is 373 g/mol. The lowest BCUT2D eigenvalue weighted by Crippen LogP contribution is -2.49. The van der Waals surface area contributed by atoms with Crippen molar-refractivity contribution in [2.75, 3.05) is 45.1 Å². The SMILES string of the molecule is Nc1ncnc2c1ncn2CCCCOC(=O)N1CCN(CC2CC2)CC1. The molecule has 0 bridgehead atoms. The molecule has 1 aliphatic carbocycles. The molecule has 2 aromatic rings. The van der Waals surface area contributed by atoms with Gasteiger partial charge in [0.15, 0.2) is 11.5 Å². The highest BCUT2D eigenvalue weighted by molar-refractivity contribution is 5.81. The molecule has 2 aromatic heterocycles. The van der Waals surface area contributed by atoms with Gasteiger partial charge in [0.1, 0.15) is 11.8 Å². The molecule has 2 aliphatic rings. The van der Waals surface area contributed by atoms with E-state index in [0.29, 0.717) is 17.9 Å². The summed E-state index contributed by atoms with van der Waals surface area (Å²) >= 11 is 0. The zero-order valence-electron chi connectivity index (χ0n) is 15.6. The number of hydrogen-bond donors (Lipinski definition) is 1. The molecule has 0 radical (unpaired) electrons. The number of fused-ring (bicyclic) bond motifs is 1. The molecule has 4 rings (SSSR count). The van der Waals surface area contributed by atoms with Gasteiger partial charge in [0.05, 0.1) is 12.9 Å². The Balaban J connectivity index is 1.14. The van der Waals surface area contributed by atoms with Gasteiger partial charge in [-0.05, 0) is 31.6 Å². The molecule has 9 nitrogen and oxygen atoms in total. The van der Waals surface area contributed by atoms with Crippen LogP contribution in [0.15, 0.2) is 12.7 Å². The molecule has 27 heavy (non-hydrogen) atoms. The van der Waals surface area contributed by atoms with E-state index in [1.165, 1.54) is 25.7 Å². The number of aryl methyl sites for hydroxylation is 1. The smallest absolute Gasteiger partial charge is 0.409 e. The van der Waals surface area contributed by atoms with Crippen LogP contribution in [0.1, 0.15) is 25.7 Å². The first-order chi connectivity index (χ1) is 13.2. The lowest BCUT2D eigenvalue weighted by molar-refractivity contribution is 0.0740. The summed E-state index contributed by atoms with van der Waals surface area (Å²) in [6.07, 6.45) is 7.40. The van der Waals surface area contributed by atoms with E-state index in [2.05, 4.69) is 19.9 Å². The number of hydrogen-bond acceptors (Lipinski definition) is 7. The van der Waals surface area contributed by atoms with Crippen LogP contribution in [0.4, 0.5) is 10.6 Å². The molecule has 0 spiro atoms. The second-order valence-electron chi connectivity index (χ2n) is 7.42. The van der Waals surface area contributed by atoms with Crippen molar-refractivity contribution in [1.82, 2.24) is 29.3 Å². The Morgan fingerprint density at radius 2 is 1.96 bits per heavy atom. The van der Waals surface area contributed by atoms with Crippen molar-refractivity contribution in [3.63, 3.8) is 0 Å². The highest BCUT2D eigenvalue weighted by Crippen LogP contribution is 2.29. The van der Waals surface area contributed by atoms with Crippen LogP contribution in [0, 0.1) is 5.92 Å². The van der Waals surface area contributed by atoms with Crippen LogP contribution in [0.5, 0.6) is 0 Å². The number of nitrogens with two attached hydrogens (primary N) is 1. The van der Waals surface area contributed by atoms with E-state index in [1.54, 1.807) is 6.33 Å². The maximum absolute atomic E-state index is 12.2. The number of nitrogens with zero attached hydrogens (tertiary/aromatic N) is 6. The Morgan fingerprint density at radius 3 is 2.74 bits per heavy atom. The lowest BCUT2D eigenvalue weighted by atomic mass is 10.3. The number of carbonyl (C=O) groups excluding carboxylic acids is 1. The van der Waals surface area contributed by atoms with Crippen molar-refractivity contribution in [2.45, 2.75) is 32.2 Å². The Hall–Kier alpha value is -2.42. The summed E-state index contributed by atoms with van der Waals surface area (Å²) in [5.41, 5.74) is 7.16. The van der Waals surface area contributed by atoms with Crippen LogP contribution in [-0.2, 0) is 11.3 Å². The van der Waals surface area contributed by atoms with Crippen molar-refractivity contribution >= 4 is 23.1 Å². The number of rotatable bonds is 7. The van der Waals surface area contributed by atoms with E-state index in [4.69, 9.17) is 10.5 Å². The van der Waals surface area contributed by atoms with Crippen LogP contribution < -0.4 is 5.73 Å². The van der Waals surface area contributed by atoms with Crippen molar-refractivity contribution < 1.29 is 9.53 Å². The molecule has 146 valence electrons. The van der Waals surface area contributed by atoms with Gasteiger partial charge in [-0.25, -0.2) is 19.7 Å². The van der Waals surface area contributed by atoms with Crippen molar-refractivity contribution in [2.24, 2.45) is 5.92 Å². The van der Waals surface area contributed by atoms with Crippen LogP contribution in [0.3, 0.4) is 0 Å². The molecule has 2 fully saturated rings. The van der Waals surface area contributed by atoms with E-state index in [9.17, 15) is 4.79 Å². The number of nitrogen functional groups attached to an aromatic ring is 1. The van der Waals surface area contributed by atoms with Gasteiger partial charge < -0.3 is 19.9 Å². The van der Waals surface area contributed by atoms with Gasteiger partial charge in [0.2, 0.25) is 0 Å². The predicted molar refractivity (Wildman–Crippen MR) is 101 cm³/mol. The van der Waals surface area contributed by atoms with Gasteiger partial charge in [0.25, 0.3) is 0 Å². The molecule has 0 atom stereocenters. The van der Waals surface area contributed by atoms with Gasteiger partial charge in [-0.2, -0.15) is 0 Å². The summed E-state index contributed by atoms with van der Waals surface area (Å²) < 4.78 is 7.39. The molecule has 0 aromatic carbocycles. The Morgan fingerprint density at radius 1 is 1.15 bits per heavy atom. The predicted octanol–water partition coefficient (Wildman–Crippen LogP) is 1.35.